The average Bonchev–Trinajstić information content (AvgIpc) is 3.23. The lowest BCUT2D eigenvalue weighted by molar-refractivity contribution is -0.402. The minimum atomic E-state index is -0.656. The Morgan fingerprint density at radius 1 is 1.07 bits per heavy atom. The van der Waals surface area contributed by atoms with E-state index >= 15 is 0 Å². The van der Waals surface area contributed by atoms with Crippen LogP contribution in [-0.2, 0) is 6.61 Å². The summed E-state index contributed by atoms with van der Waals surface area (Å²) in [4.78, 5) is 22.0. The molecule has 3 aromatic rings. The van der Waals surface area contributed by atoms with E-state index in [1.54, 1.807) is 24.3 Å². The molecule has 0 aliphatic rings. The third kappa shape index (κ3) is 5.68. The number of rotatable bonds is 9. The maximum atomic E-state index is 12.1. The summed E-state index contributed by atoms with van der Waals surface area (Å²) in [5.41, 5.74) is 3.64. The van der Waals surface area contributed by atoms with E-state index in [0.717, 1.165) is 11.3 Å². The molecule has 1 N–H and O–H groups in total. The van der Waals surface area contributed by atoms with Crippen LogP contribution in [0.3, 0.4) is 0 Å². The minimum absolute atomic E-state index is 0.156. The van der Waals surface area contributed by atoms with E-state index < -0.39 is 16.7 Å². The Hall–Kier alpha value is -4.14. The molecule has 0 saturated heterocycles. The van der Waals surface area contributed by atoms with Gasteiger partial charge >= 0.3 is 5.88 Å². The monoisotopic (exact) mass is 409 g/mol. The lowest BCUT2D eigenvalue weighted by Gasteiger charge is -2.08. The topological polar surface area (TPSA) is 116 Å². The van der Waals surface area contributed by atoms with E-state index in [9.17, 15) is 14.9 Å². The van der Waals surface area contributed by atoms with Crippen LogP contribution in [0.2, 0.25) is 0 Å². The van der Waals surface area contributed by atoms with Crippen molar-refractivity contribution in [3.8, 4) is 11.5 Å². The van der Waals surface area contributed by atoms with E-state index in [1.165, 1.54) is 18.3 Å². The zero-order chi connectivity index (χ0) is 21.3. The maximum absolute atomic E-state index is 12.1. The van der Waals surface area contributed by atoms with Crippen LogP contribution in [0.5, 0.6) is 11.5 Å². The standard InChI is InChI=1S/C21H19N3O6/c1-2-28-17-7-9-18(10-8-17)29-14-15-3-5-16(6-4-15)21(25)23-22-13-19-11-12-20(30-19)24(26)27/h3-13H,2,14H2,1H3,(H,23,25)/b22-13-. The normalized spacial score (nSPS) is 10.7. The van der Waals surface area contributed by atoms with Crippen LogP contribution in [0.1, 0.15) is 28.6 Å². The summed E-state index contributed by atoms with van der Waals surface area (Å²) in [6.07, 6.45) is 1.18. The van der Waals surface area contributed by atoms with Gasteiger partial charge in [0.2, 0.25) is 0 Å². The zero-order valence-corrected chi connectivity index (χ0v) is 16.1. The molecule has 0 unspecified atom stereocenters. The zero-order valence-electron chi connectivity index (χ0n) is 16.1. The van der Waals surface area contributed by atoms with Gasteiger partial charge in [0.25, 0.3) is 5.91 Å². The Morgan fingerprint density at radius 2 is 1.73 bits per heavy atom. The molecule has 0 radical (unpaired) electrons. The van der Waals surface area contributed by atoms with Crippen molar-refractivity contribution in [2.75, 3.05) is 6.61 Å². The van der Waals surface area contributed by atoms with E-state index in [-0.39, 0.29) is 5.76 Å². The van der Waals surface area contributed by atoms with E-state index in [1.807, 2.05) is 31.2 Å². The quantitative estimate of drug-likeness (QED) is 0.325. The summed E-state index contributed by atoms with van der Waals surface area (Å²) in [6.45, 7) is 2.88. The van der Waals surface area contributed by atoms with Gasteiger partial charge in [-0.15, -0.1) is 0 Å². The highest BCUT2D eigenvalue weighted by atomic mass is 16.6. The molecular weight excluding hydrogens is 390 g/mol. The molecule has 1 heterocycles. The van der Waals surface area contributed by atoms with Crippen LogP contribution in [0, 0.1) is 10.1 Å². The first-order valence-electron chi connectivity index (χ1n) is 9.07. The first-order valence-corrected chi connectivity index (χ1v) is 9.07. The molecule has 9 heteroatoms. The van der Waals surface area contributed by atoms with Gasteiger partial charge in [-0.2, -0.15) is 5.10 Å². The SMILES string of the molecule is CCOc1ccc(OCc2ccc(C(=O)N/N=C\c3ccc([N+](=O)[O-])o3)cc2)cc1. The highest BCUT2D eigenvalue weighted by Gasteiger charge is 2.10. The smallest absolute Gasteiger partial charge is 0.433 e. The van der Waals surface area contributed by atoms with Crippen molar-refractivity contribution in [3.63, 3.8) is 0 Å². The summed E-state index contributed by atoms with van der Waals surface area (Å²) in [5, 5.41) is 14.3. The molecule has 0 aliphatic carbocycles. The van der Waals surface area contributed by atoms with Crippen molar-refractivity contribution in [3.05, 3.63) is 87.7 Å². The molecule has 0 atom stereocenters. The van der Waals surface area contributed by atoms with Crippen LogP contribution >= 0.6 is 0 Å². The van der Waals surface area contributed by atoms with Crippen molar-refractivity contribution in [2.24, 2.45) is 5.10 Å². The second-order valence-corrected chi connectivity index (χ2v) is 6.02. The van der Waals surface area contributed by atoms with Crippen LogP contribution in [0.25, 0.3) is 0 Å². The van der Waals surface area contributed by atoms with Gasteiger partial charge < -0.3 is 13.9 Å². The summed E-state index contributed by atoms with van der Waals surface area (Å²) in [5.74, 6) is 0.835. The molecule has 0 bridgehead atoms. The van der Waals surface area contributed by atoms with Gasteiger partial charge in [-0.05, 0) is 55.0 Å². The highest BCUT2D eigenvalue weighted by molar-refractivity contribution is 5.94. The van der Waals surface area contributed by atoms with Gasteiger partial charge in [0, 0.05) is 5.56 Å². The maximum Gasteiger partial charge on any atom is 0.433 e. The number of nitrogens with zero attached hydrogens (tertiary/aromatic N) is 2. The van der Waals surface area contributed by atoms with Crippen molar-refractivity contribution in [2.45, 2.75) is 13.5 Å². The van der Waals surface area contributed by atoms with Gasteiger partial charge in [0.15, 0.2) is 5.76 Å². The van der Waals surface area contributed by atoms with Gasteiger partial charge in [0.1, 0.15) is 23.0 Å². The van der Waals surface area contributed by atoms with Crippen LogP contribution in [0.15, 0.2) is 70.2 Å². The Kier molecular flexibility index (Phi) is 6.78. The first kappa shape index (κ1) is 20.6. The molecule has 0 aliphatic heterocycles. The van der Waals surface area contributed by atoms with Crippen molar-refractivity contribution in [1.29, 1.82) is 0 Å². The summed E-state index contributed by atoms with van der Waals surface area (Å²) < 4.78 is 16.0. The summed E-state index contributed by atoms with van der Waals surface area (Å²) in [6, 6.07) is 16.8. The Labute approximate surface area is 172 Å². The number of hydrazone groups is 1. The second kappa shape index (κ2) is 9.87. The fourth-order valence-corrected chi connectivity index (χ4v) is 2.45. The average molecular weight is 409 g/mol. The number of carbonyl (C=O) groups excluding carboxylic acids is 1. The molecule has 30 heavy (non-hydrogen) atoms. The van der Waals surface area contributed by atoms with E-state index in [2.05, 4.69) is 10.5 Å². The van der Waals surface area contributed by atoms with Gasteiger partial charge in [0.05, 0.1) is 18.9 Å². The molecule has 1 amide bonds. The molecule has 0 saturated carbocycles. The van der Waals surface area contributed by atoms with E-state index in [4.69, 9.17) is 13.9 Å². The van der Waals surface area contributed by atoms with Gasteiger partial charge in [-0.25, -0.2) is 5.43 Å². The molecule has 2 aromatic carbocycles. The molecule has 1 aromatic heterocycles. The predicted molar refractivity (Wildman–Crippen MR) is 109 cm³/mol. The molecule has 154 valence electrons. The Balaban J connectivity index is 1.49. The van der Waals surface area contributed by atoms with Crippen molar-refractivity contribution >= 4 is 18.0 Å². The predicted octanol–water partition coefficient (Wildman–Crippen LogP) is 3.93. The van der Waals surface area contributed by atoms with Crippen LogP contribution in [0.4, 0.5) is 5.88 Å². The van der Waals surface area contributed by atoms with Crippen LogP contribution < -0.4 is 14.9 Å². The number of nitro groups is 1. The largest absolute Gasteiger partial charge is 0.494 e. The lowest BCUT2D eigenvalue weighted by Crippen LogP contribution is -2.17. The Bertz CT molecular complexity index is 1030. The van der Waals surface area contributed by atoms with Crippen LogP contribution in [-0.4, -0.2) is 23.7 Å². The number of carbonyl (C=O) groups is 1. The molecule has 0 spiro atoms. The fourth-order valence-electron chi connectivity index (χ4n) is 2.45. The summed E-state index contributed by atoms with van der Waals surface area (Å²) in [7, 11) is 0. The van der Waals surface area contributed by atoms with Crippen molar-refractivity contribution < 1.29 is 23.6 Å². The Morgan fingerprint density at radius 3 is 2.33 bits per heavy atom. The van der Waals surface area contributed by atoms with Gasteiger partial charge in [-0.3, -0.25) is 14.9 Å². The number of benzene rings is 2. The molecule has 9 nitrogen and oxygen atoms in total. The number of hydrogen-bond acceptors (Lipinski definition) is 7. The number of amides is 1. The summed E-state index contributed by atoms with van der Waals surface area (Å²) >= 11 is 0. The number of hydrogen-bond donors (Lipinski definition) is 1. The minimum Gasteiger partial charge on any atom is -0.494 e. The number of nitrogens with one attached hydrogen (secondary N) is 1. The molecule has 0 fully saturated rings. The van der Waals surface area contributed by atoms with Gasteiger partial charge in [-0.1, -0.05) is 12.1 Å². The first-order chi connectivity index (χ1) is 14.5. The highest BCUT2D eigenvalue weighted by Crippen LogP contribution is 2.19. The number of furan rings is 1. The van der Waals surface area contributed by atoms with E-state index in [0.29, 0.717) is 24.5 Å². The second-order valence-electron chi connectivity index (χ2n) is 6.02. The van der Waals surface area contributed by atoms with Crippen molar-refractivity contribution in [1.82, 2.24) is 5.43 Å². The fraction of sp³-hybridized carbons (Fsp3) is 0.143. The molecule has 3 rings (SSSR count). The third-order valence-electron chi connectivity index (χ3n) is 3.91. The lowest BCUT2D eigenvalue weighted by atomic mass is 10.1. The number of ether oxygens (including phenoxy) is 2. The molecular formula is C21H19N3O6. The third-order valence-corrected chi connectivity index (χ3v) is 3.91.